The Kier molecular flexibility index (Phi) is 7.25. The highest BCUT2D eigenvalue weighted by molar-refractivity contribution is 7.22. The molecule has 0 unspecified atom stereocenters. The Morgan fingerprint density at radius 2 is 1.96 bits per heavy atom. The maximum absolute atomic E-state index is 13.0. The molecule has 0 spiro atoms. The number of benzene rings is 1. The van der Waals surface area contributed by atoms with Crippen LogP contribution in [0, 0.1) is 0 Å². The number of hydrogen-bond donors (Lipinski definition) is 0. The third-order valence-electron chi connectivity index (χ3n) is 3.62. The number of rotatable bonds is 6. The van der Waals surface area contributed by atoms with Crippen LogP contribution < -0.4 is 9.64 Å². The van der Waals surface area contributed by atoms with E-state index in [0.717, 1.165) is 16.8 Å². The number of nitrogens with zero attached hydrogens (tertiary/aromatic N) is 3. The second-order valence-corrected chi connectivity index (χ2v) is 8.39. The largest absolute Gasteiger partial charge is 0.494 e. The van der Waals surface area contributed by atoms with E-state index in [1.807, 2.05) is 37.2 Å². The molecule has 5 nitrogen and oxygen atoms in total. The first-order valence-corrected chi connectivity index (χ1v) is 9.66. The van der Waals surface area contributed by atoms with Crippen molar-refractivity contribution in [2.75, 3.05) is 39.2 Å². The van der Waals surface area contributed by atoms with Gasteiger partial charge in [0.2, 0.25) is 0 Å². The van der Waals surface area contributed by atoms with E-state index >= 15 is 0 Å². The molecular formula is C17H19Cl2N3O2S2. The van der Waals surface area contributed by atoms with Gasteiger partial charge in [0, 0.05) is 13.1 Å². The number of likely N-dealkylation sites (N-methyl/N-ethyl adjacent to an activating group) is 1. The number of para-hydroxylation sites is 1. The maximum Gasteiger partial charge on any atom is 0.270 e. The van der Waals surface area contributed by atoms with Crippen LogP contribution in [0.15, 0.2) is 30.3 Å². The van der Waals surface area contributed by atoms with E-state index in [4.69, 9.17) is 16.3 Å². The van der Waals surface area contributed by atoms with Crippen LogP contribution in [0.3, 0.4) is 0 Å². The van der Waals surface area contributed by atoms with Gasteiger partial charge in [-0.1, -0.05) is 29.0 Å². The molecule has 0 saturated heterocycles. The Balaban J connectivity index is 0.00000243. The number of methoxy groups -OCH3 is 1. The van der Waals surface area contributed by atoms with Crippen molar-refractivity contribution in [1.82, 2.24) is 9.88 Å². The molecule has 1 aromatic carbocycles. The summed E-state index contributed by atoms with van der Waals surface area (Å²) in [6.45, 7) is 1.28. The van der Waals surface area contributed by atoms with E-state index in [0.29, 0.717) is 26.6 Å². The van der Waals surface area contributed by atoms with Gasteiger partial charge in [-0.3, -0.25) is 9.69 Å². The molecular weight excluding hydrogens is 413 g/mol. The summed E-state index contributed by atoms with van der Waals surface area (Å²) < 4.78 is 6.97. The van der Waals surface area contributed by atoms with Gasteiger partial charge in [0.05, 0.1) is 21.0 Å². The summed E-state index contributed by atoms with van der Waals surface area (Å²) in [6, 6.07) is 9.28. The van der Waals surface area contributed by atoms with Gasteiger partial charge in [0.25, 0.3) is 5.91 Å². The van der Waals surface area contributed by atoms with Gasteiger partial charge in [-0.2, -0.15) is 0 Å². The Labute approximate surface area is 171 Å². The molecule has 0 radical (unpaired) electrons. The van der Waals surface area contributed by atoms with Gasteiger partial charge in [-0.15, -0.1) is 23.7 Å². The first-order chi connectivity index (χ1) is 12.0. The van der Waals surface area contributed by atoms with Crippen molar-refractivity contribution in [1.29, 1.82) is 0 Å². The Morgan fingerprint density at radius 3 is 2.58 bits per heavy atom. The molecule has 0 aliphatic heterocycles. The van der Waals surface area contributed by atoms with Crippen LogP contribution in [-0.2, 0) is 0 Å². The molecule has 0 aliphatic rings. The number of carbonyl (C=O) groups is 1. The number of carbonyl (C=O) groups excluding carboxylic acids is 1. The first kappa shape index (κ1) is 20.9. The molecule has 0 atom stereocenters. The number of anilines is 1. The van der Waals surface area contributed by atoms with Gasteiger partial charge >= 0.3 is 0 Å². The summed E-state index contributed by atoms with van der Waals surface area (Å²) in [7, 11) is 5.58. The van der Waals surface area contributed by atoms with Gasteiger partial charge in [-0.25, -0.2) is 4.98 Å². The highest BCUT2D eigenvalue weighted by Gasteiger charge is 2.23. The molecule has 2 aromatic heterocycles. The average molecular weight is 432 g/mol. The zero-order chi connectivity index (χ0) is 18.0. The molecule has 0 saturated carbocycles. The average Bonchev–Trinajstić information content (AvgIpc) is 3.20. The summed E-state index contributed by atoms with van der Waals surface area (Å²) >= 11 is 8.76. The third kappa shape index (κ3) is 4.47. The molecule has 2 heterocycles. The standard InChI is InChI=1S/C17H18ClN3O2S2.ClH/c1-20(2)9-10-21(16(22)13-7-8-14(18)24-13)17-19-15-11(23-3)5-4-6-12(15)25-17;/h4-8H,9-10H2,1-3H3;1H. The van der Waals surface area contributed by atoms with E-state index < -0.39 is 0 Å². The predicted molar refractivity (Wildman–Crippen MR) is 113 cm³/mol. The van der Waals surface area contributed by atoms with Crippen LogP contribution in [0.1, 0.15) is 9.67 Å². The zero-order valence-electron chi connectivity index (χ0n) is 14.6. The van der Waals surface area contributed by atoms with E-state index in [1.54, 1.807) is 24.1 Å². The minimum Gasteiger partial charge on any atom is -0.494 e. The number of hydrogen-bond acceptors (Lipinski definition) is 6. The van der Waals surface area contributed by atoms with Crippen LogP contribution in [-0.4, -0.2) is 50.1 Å². The summed E-state index contributed by atoms with van der Waals surface area (Å²) in [6.07, 6.45) is 0. The van der Waals surface area contributed by atoms with Gasteiger partial charge in [-0.05, 0) is 38.4 Å². The fourth-order valence-electron chi connectivity index (χ4n) is 2.34. The maximum atomic E-state index is 13.0. The lowest BCUT2D eigenvalue weighted by molar-refractivity contribution is 0.0989. The predicted octanol–water partition coefficient (Wildman–Crippen LogP) is 4.65. The van der Waals surface area contributed by atoms with E-state index in [1.165, 1.54) is 22.7 Å². The molecule has 26 heavy (non-hydrogen) atoms. The fourth-order valence-corrected chi connectivity index (χ4v) is 4.34. The van der Waals surface area contributed by atoms with Crippen LogP contribution in [0.25, 0.3) is 10.2 Å². The first-order valence-electron chi connectivity index (χ1n) is 7.65. The van der Waals surface area contributed by atoms with Crippen molar-refractivity contribution < 1.29 is 9.53 Å². The number of thiazole rings is 1. The van der Waals surface area contributed by atoms with Crippen molar-refractivity contribution >= 4 is 67.9 Å². The topological polar surface area (TPSA) is 45.7 Å². The van der Waals surface area contributed by atoms with Crippen LogP contribution in [0.5, 0.6) is 5.75 Å². The number of aromatic nitrogens is 1. The minimum absolute atomic E-state index is 0. The van der Waals surface area contributed by atoms with Crippen molar-refractivity contribution in [3.63, 3.8) is 0 Å². The summed E-state index contributed by atoms with van der Waals surface area (Å²) in [4.78, 5) is 22.0. The molecule has 0 bridgehead atoms. The molecule has 140 valence electrons. The smallest absolute Gasteiger partial charge is 0.270 e. The molecule has 0 fully saturated rings. The van der Waals surface area contributed by atoms with Crippen LogP contribution in [0.2, 0.25) is 4.34 Å². The molecule has 3 aromatic rings. The van der Waals surface area contributed by atoms with E-state index in [-0.39, 0.29) is 18.3 Å². The zero-order valence-corrected chi connectivity index (χ0v) is 17.8. The fraction of sp³-hybridized carbons (Fsp3) is 0.294. The summed E-state index contributed by atoms with van der Waals surface area (Å²) in [5.41, 5.74) is 0.775. The second-order valence-electron chi connectivity index (χ2n) is 5.67. The lowest BCUT2D eigenvalue weighted by atomic mass is 10.3. The van der Waals surface area contributed by atoms with E-state index in [2.05, 4.69) is 4.98 Å². The van der Waals surface area contributed by atoms with Crippen molar-refractivity contribution in [3.8, 4) is 5.75 Å². The molecule has 3 rings (SSSR count). The molecule has 0 aliphatic carbocycles. The lowest BCUT2D eigenvalue weighted by Crippen LogP contribution is -2.36. The second kappa shape index (κ2) is 9.01. The number of fused-ring (bicyclic) bond motifs is 1. The monoisotopic (exact) mass is 431 g/mol. The summed E-state index contributed by atoms with van der Waals surface area (Å²) in [5, 5.41) is 0.663. The lowest BCUT2D eigenvalue weighted by Gasteiger charge is -2.21. The normalized spacial score (nSPS) is 10.8. The van der Waals surface area contributed by atoms with Crippen LogP contribution in [0.4, 0.5) is 5.13 Å². The Morgan fingerprint density at radius 1 is 1.19 bits per heavy atom. The number of halogens is 2. The third-order valence-corrected chi connectivity index (χ3v) is 5.88. The number of amides is 1. The Bertz CT molecular complexity index is 895. The minimum atomic E-state index is -0.0863. The molecule has 1 amide bonds. The highest BCUT2D eigenvalue weighted by Crippen LogP contribution is 2.35. The SMILES string of the molecule is COc1cccc2sc(N(CCN(C)C)C(=O)c3ccc(Cl)s3)nc12.Cl. The quantitative estimate of drug-likeness (QED) is 0.569. The molecule has 0 N–H and O–H groups in total. The Hall–Kier alpha value is -1.38. The number of thiophene rings is 1. The van der Waals surface area contributed by atoms with Crippen LogP contribution >= 0.6 is 46.7 Å². The molecule has 9 heteroatoms. The van der Waals surface area contributed by atoms with Crippen molar-refractivity contribution in [2.45, 2.75) is 0 Å². The highest BCUT2D eigenvalue weighted by atomic mass is 35.5. The van der Waals surface area contributed by atoms with Crippen molar-refractivity contribution in [2.24, 2.45) is 0 Å². The van der Waals surface area contributed by atoms with Gasteiger partial charge < -0.3 is 9.64 Å². The van der Waals surface area contributed by atoms with Gasteiger partial charge in [0.15, 0.2) is 5.13 Å². The summed E-state index contributed by atoms with van der Waals surface area (Å²) in [5.74, 6) is 0.621. The van der Waals surface area contributed by atoms with Crippen molar-refractivity contribution in [3.05, 3.63) is 39.5 Å². The van der Waals surface area contributed by atoms with E-state index in [9.17, 15) is 4.79 Å². The van der Waals surface area contributed by atoms with Gasteiger partial charge in [0.1, 0.15) is 11.3 Å². The number of ether oxygens (including phenoxy) is 1.